The van der Waals surface area contributed by atoms with Crippen LogP contribution in [-0.2, 0) is 6.42 Å². The van der Waals surface area contributed by atoms with E-state index in [-0.39, 0.29) is 11.9 Å². The number of benzene rings is 3. The van der Waals surface area contributed by atoms with Crippen LogP contribution in [0, 0.1) is 6.92 Å². The van der Waals surface area contributed by atoms with Gasteiger partial charge in [0, 0.05) is 29.1 Å². The van der Waals surface area contributed by atoms with E-state index in [1.807, 2.05) is 79.7 Å². The Morgan fingerprint density at radius 3 is 2.52 bits per heavy atom. The number of carbonyl (C=O) groups excluding carboxylic acids is 1. The van der Waals surface area contributed by atoms with Crippen molar-refractivity contribution < 1.29 is 4.79 Å². The summed E-state index contributed by atoms with van der Waals surface area (Å²) in [5.74, 6) is 1.25. The summed E-state index contributed by atoms with van der Waals surface area (Å²) in [7, 11) is 0. The normalized spacial score (nSPS) is 11.6. The number of aryl methyl sites for hydroxylation is 2. The van der Waals surface area contributed by atoms with Gasteiger partial charge in [0.2, 0.25) is 0 Å². The molecule has 0 saturated carbocycles. The zero-order chi connectivity index (χ0) is 23.0. The zero-order valence-electron chi connectivity index (χ0n) is 19.0. The lowest BCUT2D eigenvalue weighted by molar-refractivity contribution is 0.0938. The Morgan fingerprint density at radius 1 is 0.939 bits per heavy atom. The van der Waals surface area contributed by atoms with E-state index >= 15 is 0 Å². The SMILES string of the molecule is Cc1ccc(-c2nccc(Nc3cccc(C(=O)N[C@@H](C)CCc4ccccc4)c3)n2)cc1. The van der Waals surface area contributed by atoms with E-state index < -0.39 is 0 Å². The van der Waals surface area contributed by atoms with Crippen molar-refractivity contribution in [2.75, 3.05) is 5.32 Å². The van der Waals surface area contributed by atoms with Gasteiger partial charge in [-0.05, 0) is 56.5 Å². The number of carbonyl (C=O) groups is 1. The molecular formula is C28H28N4O. The van der Waals surface area contributed by atoms with Crippen molar-refractivity contribution in [3.63, 3.8) is 0 Å². The molecule has 1 atom stereocenters. The molecule has 0 unspecified atom stereocenters. The van der Waals surface area contributed by atoms with Crippen molar-refractivity contribution in [1.29, 1.82) is 0 Å². The maximum absolute atomic E-state index is 12.8. The summed E-state index contributed by atoms with van der Waals surface area (Å²) in [6.45, 7) is 4.09. The van der Waals surface area contributed by atoms with Gasteiger partial charge in [-0.3, -0.25) is 4.79 Å². The van der Waals surface area contributed by atoms with Crippen LogP contribution in [0.4, 0.5) is 11.5 Å². The number of amides is 1. The molecule has 166 valence electrons. The van der Waals surface area contributed by atoms with Crippen LogP contribution in [-0.4, -0.2) is 21.9 Å². The lowest BCUT2D eigenvalue weighted by Gasteiger charge is -2.15. The first-order valence-electron chi connectivity index (χ1n) is 11.2. The Labute approximate surface area is 194 Å². The van der Waals surface area contributed by atoms with E-state index in [0.717, 1.165) is 24.1 Å². The predicted octanol–water partition coefficient (Wildman–Crippen LogP) is 5.95. The van der Waals surface area contributed by atoms with Gasteiger partial charge >= 0.3 is 0 Å². The molecule has 3 aromatic carbocycles. The van der Waals surface area contributed by atoms with Gasteiger partial charge < -0.3 is 10.6 Å². The lowest BCUT2D eigenvalue weighted by Crippen LogP contribution is -2.32. The predicted molar refractivity (Wildman–Crippen MR) is 134 cm³/mol. The minimum absolute atomic E-state index is 0.0771. The highest BCUT2D eigenvalue weighted by Crippen LogP contribution is 2.20. The molecule has 1 aromatic heterocycles. The molecule has 0 aliphatic carbocycles. The second-order valence-electron chi connectivity index (χ2n) is 8.24. The van der Waals surface area contributed by atoms with Gasteiger partial charge in [0.25, 0.3) is 5.91 Å². The van der Waals surface area contributed by atoms with Crippen molar-refractivity contribution in [3.8, 4) is 11.4 Å². The van der Waals surface area contributed by atoms with E-state index in [9.17, 15) is 4.79 Å². The van der Waals surface area contributed by atoms with Gasteiger partial charge in [0.1, 0.15) is 5.82 Å². The Bertz CT molecular complexity index is 1210. The molecule has 0 fully saturated rings. The minimum atomic E-state index is -0.0813. The monoisotopic (exact) mass is 436 g/mol. The van der Waals surface area contributed by atoms with Crippen LogP contribution in [0.5, 0.6) is 0 Å². The fourth-order valence-corrected chi connectivity index (χ4v) is 3.56. The number of aromatic nitrogens is 2. The second-order valence-corrected chi connectivity index (χ2v) is 8.24. The smallest absolute Gasteiger partial charge is 0.251 e. The maximum atomic E-state index is 12.8. The van der Waals surface area contributed by atoms with E-state index in [2.05, 4.69) is 39.7 Å². The van der Waals surface area contributed by atoms with Crippen LogP contribution in [0.1, 0.15) is 34.8 Å². The fraction of sp³-hybridized carbons (Fsp3) is 0.179. The summed E-state index contributed by atoms with van der Waals surface area (Å²) in [4.78, 5) is 21.8. The molecule has 5 heteroatoms. The van der Waals surface area contributed by atoms with Crippen LogP contribution in [0.25, 0.3) is 11.4 Å². The molecule has 1 heterocycles. The summed E-state index contributed by atoms with van der Waals surface area (Å²) in [6, 6.07) is 27.8. The summed E-state index contributed by atoms with van der Waals surface area (Å²) in [5.41, 5.74) is 4.84. The largest absolute Gasteiger partial charge is 0.350 e. The average molecular weight is 437 g/mol. The third kappa shape index (κ3) is 6.26. The Hall–Kier alpha value is -3.99. The van der Waals surface area contributed by atoms with Crippen LogP contribution in [0.3, 0.4) is 0 Å². The molecule has 0 spiro atoms. The molecule has 0 saturated heterocycles. The van der Waals surface area contributed by atoms with Gasteiger partial charge in [0.05, 0.1) is 0 Å². The zero-order valence-corrected chi connectivity index (χ0v) is 19.0. The molecule has 1 amide bonds. The number of nitrogens with one attached hydrogen (secondary N) is 2. The first-order chi connectivity index (χ1) is 16.1. The fourth-order valence-electron chi connectivity index (χ4n) is 3.56. The lowest BCUT2D eigenvalue weighted by atomic mass is 10.1. The Morgan fingerprint density at radius 2 is 1.73 bits per heavy atom. The van der Waals surface area contributed by atoms with Gasteiger partial charge in [0.15, 0.2) is 5.82 Å². The van der Waals surface area contributed by atoms with E-state index in [4.69, 9.17) is 0 Å². The Balaban J connectivity index is 1.39. The molecular weight excluding hydrogens is 408 g/mol. The molecule has 5 nitrogen and oxygen atoms in total. The summed E-state index contributed by atoms with van der Waals surface area (Å²) >= 11 is 0. The van der Waals surface area contributed by atoms with Crippen LogP contribution < -0.4 is 10.6 Å². The molecule has 33 heavy (non-hydrogen) atoms. The Kier molecular flexibility index (Phi) is 7.10. The number of rotatable bonds is 8. The van der Waals surface area contributed by atoms with Gasteiger partial charge in [-0.1, -0.05) is 66.2 Å². The molecule has 2 N–H and O–H groups in total. The molecule has 0 aliphatic rings. The minimum Gasteiger partial charge on any atom is -0.350 e. The van der Waals surface area contributed by atoms with Crippen molar-refractivity contribution in [2.45, 2.75) is 32.7 Å². The van der Waals surface area contributed by atoms with E-state index in [1.54, 1.807) is 6.20 Å². The van der Waals surface area contributed by atoms with Crippen molar-refractivity contribution in [2.24, 2.45) is 0 Å². The van der Waals surface area contributed by atoms with Gasteiger partial charge in [-0.2, -0.15) is 0 Å². The molecule has 4 aromatic rings. The standard InChI is InChI=1S/C28H28N4O/c1-20-11-15-23(16-12-20)27-29-18-17-26(32-27)31-25-10-6-9-24(19-25)28(33)30-21(2)13-14-22-7-4-3-5-8-22/h3-12,15-19,21H,13-14H2,1-2H3,(H,30,33)(H,29,31,32)/t21-/m0/s1. The third-order valence-corrected chi connectivity index (χ3v) is 5.45. The van der Waals surface area contributed by atoms with Crippen molar-refractivity contribution in [3.05, 3.63) is 108 Å². The highest BCUT2D eigenvalue weighted by molar-refractivity contribution is 5.95. The van der Waals surface area contributed by atoms with E-state index in [0.29, 0.717) is 17.2 Å². The average Bonchev–Trinajstić information content (AvgIpc) is 2.84. The number of nitrogens with zero attached hydrogens (tertiary/aromatic N) is 2. The van der Waals surface area contributed by atoms with Crippen molar-refractivity contribution in [1.82, 2.24) is 15.3 Å². The molecule has 4 rings (SSSR count). The molecule has 0 radical (unpaired) electrons. The summed E-state index contributed by atoms with van der Waals surface area (Å²) < 4.78 is 0. The van der Waals surface area contributed by atoms with Crippen molar-refractivity contribution >= 4 is 17.4 Å². The summed E-state index contributed by atoms with van der Waals surface area (Å²) in [5, 5.41) is 6.39. The van der Waals surface area contributed by atoms with Gasteiger partial charge in [-0.25, -0.2) is 9.97 Å². The third-order valence-electron chi connectivity index (χ3n) is 5.45. The van der Waals surface area contributed by atoms with Crippen LogP contribution in [0.2, 0.25) is 0 Å². The quantitative estimate of drug-likeness (QED) is 0.358. The summed E-state index contributed by atoms with van der Waals surface area (Å²) in [6.07, 6.45) is 3.55. The second kappa shape index (κ2) is 10.6. The topological polar surface area (TPSA) is 66.9 Å². The number of hydrogen-bond donors (Lipinski definition) is 2. The molecule has 0 bridgehead atoms. The number of hydrogen-bond acceptors (Lipinski definition) is 4. The number of anilines is 2. The molecule has 0 aliphatic heterocycles. The first kappa shape index (κ1) is 22.2. The highest BCUT2D eigenvalue weighted by Gasteiger charge is 2.11. The van der Waals surface area contributed by atoms with Crippen LogP contribution >= 0.6 is 0 Å². The van der Waals surface area contributed by atoms with Gasteiger partial charge in [-0.15, -0.1) is 0 Å². The van der Waals surface area contributed by atoms with E-state index in [1.165, 1.54) is 11.1 Å². The highest BCUT2D eigenvalue weighted by atomic mass is 16.1. The van der Waals surface area contributed by atoms with Crippen LogP contribution in [0.15, 0.2) is 91.1 Å². The first-order valence-corrected chi connectivity index (χ1v) is 11.2. The maximum Gasteiger partial charge on any atom is 0.251 e.